The van der Waals surface area contributed by atoms with Crippen LogP contribution in [-0.4, -0.2) is 11.5 Å². The maximum Gasteiger partial charge on any atom is 0.133 e. The number of pyridine rings is 1. The van der Waals surface area contributed by atoms with E-state index in [1.807, 2.05) is 6.07 Å². The average Bonchev–Trinajstić information content (AvgIpc) is 2.26. The van der Waals surface area contributed by atoms with E-state index in [-0.39, 0.29) is 0 Å². The lowest BCUT2D eigenvalue weighted by molar-refractivity contribution is 0.523. The third-order valence-corrected chi connectivity index (χ3v) is 3.02. The molecule has 1 aromatic rings. The Bertz CT molecular complexity index is 333. The van der Waals surface area contributed by atoms with Crippen LogP contribution in [-0.2, 0) is 0 Å². The molecule has 0 bridgehead atoms. The summed E-state index contributed by atoms with van der Waals surface area (Å²) in [6.45, 7) is 5.47. The summed E-state index contributed by atoms with van der Waals surface area (Å²) in [5.74, 6) is 1.59. The lowest BCUT2D eigenvalue weighted by atomic mass is 10.0. The average molecular weight is 270 g/mol. The standard InChI is InChI=1S/C14H24ClN3/c1-11(2)7-5-3-4-6-8-17-14-10-12(16)9-13(15)18-14/h9-11H,3-8H2,1-2H3,(H3,16,17,18). The topological polar surface area (TPSA) is 50.9 Å². The van der Waals surface area contributed by atoms with Crippen LogP contribution in [0.4, 0.5) is 11.5 Å². The van der Waals surface area contributed by atoms with Gasteiger partial charge in [0.25, 0.3) is 0 Å². The number of halogens is 1. The van der Waals surface area contributed by atoms with E-state index in [4.69, 9.17) is 17.3 Å². The van der Waals surface area contributed by atoms with Crippen LogP contribution in [0.2, 0.25) is 5.15 Å². The number of hydrogen-bond acceptors (Lipinski definition) is 3. The lowest BCUT2D eigenvalue weighted by Gasteiger charge is -2.07. The third kappa shape index (κ3) is 6.70. The van der Waals surface area contributed by atoms with Crippen molar-refractivity contribution in [3.8, 4) is 0 Å². The number of aromatic nitrogens is 1. The zero-order chi connectivity index (χ0) is 13.4. The van der Waals surface area contributed by atoms with Crippen molar-refractivity contribution in [3.63, 3.8) is 0 Å². The molecule has 1 rings (SSSR count). The molecule has 0 aliphatic rings. The molecular weight excluding hydrogens is 246 g/mol. The molecule has 4 heteroatoms. The van der Waals surface area contributed by atoms with Crippen molar-refractivity contribution in [2.75, 3.05) is 17.6 Å². The molecule has 1 aromatic heterocycles. The van der Waals surface area contributed by atoms with Gasteiger partial charge in [0.05, 0.1) is 0 Å². The molecule has 3 N–H and O–H groups in total. The summed E-state index contributed by atoms with van der Waals surface area (Å²) in [6, 6.07) is 3.46. The molecule has 18 heavy (non-hydrogen) atoms. The summed E-state index contributed by atoms with van der Waals surface area (Å²) >= 11 is 5.83. The van der Waals surface area contributed by atoms with Gasteiger partial charge in [-0.2, -0.15) is 0 Å². The van der Waals surface area contributed by atoms with Gasteiger partial charge < -0.3 is 11.1 Å². The molecule has 0 amide bonds. The molecule has 1 heterocycles. The van der Waals surface area contributed by atoms with Gasteiger partial charge in [0, 0.05) is 18.3 Å². The van der Waals surface area contributed by atoms with E-state index >= 15 is 0 Å². The van der Waals surface area contributed by atoms with Crippen molar-refractivity contribution in [2.24, 2.45) is 5.92 Å². The van der Waals surface area contributed by atoms with Crippen molar-refractivity contribution in [1.29, 1.82) is 0 Å². The van der Waals surface area contributed by atoms with Crippen molar-refractivity contribution < 1.29 is 0 Å². The highest BCUT2D eigenvalue weighted by Crippen LogP contribution is 2.16. The first-order chi connectivity index (χ1) is 8.58. The van der Waals surface area contributed by atoms with Gasteiger partial charge in [0.15, 0.2) is 0 Å². The fourth-order valence-corrected chi connectivity index (χ4v) is 2.07. The Balaban J connectivity index is 2.10. The summed E-state index contributed by atoms with van der Waals surface area (Å²) in [7, 11) is 0. The number of anilines is 2. The second kappa shape index (κ2) is 8.20. The second-order valence-electron chi connectivity index (χ2n) is 5.13. The Hall–Kier alpha value is -0.960. The Morgan fingerprint density at radius 3 is 2.61 bits per heavy atom. The van der Waals surface area contributed by atoms with E-state index in [0.29, 0.717) is 10.8 Å². The van der Waals surface area contributed by atoms with Gasteiger partial charge >= 0.3 is 0 Å². The van der Waals surface area contributed by atoms with Crippen LogP contribution in [0.1, 0.15) is 46.0 Å². The molecule has 0 aromatic carbocycles. The van der Waals surface area contributed by atoms with Crippen LogP contribution in [0.15, 0.2) is 12.1 Å². The zero-order valence-electron chi connectivity index (χ0n) is 11.4. The predicted octanol–water partition coefficient (Wildman–Crippen LogP) is 4.34. The first-order valence-corrected chi connectivity index (χ1v) is 7.12. The molecule has 0 saturated heterocycles. The quantitative estimate of drug-likeness (QED) is 0.545. The molecule has 0 aliphatic carbocycles. The molecule has 0 spiro atoms. The number of hydrogen-bond donors (Lipinski definition) is 2. The van der Waals surface area contributed by atoms with Crippen molar-refractivity contribution in [1.82, 2.24) is 4.98 Å². The summed E-state index contributed by atoms with van der Waals surface area (Å²) in [4.78, 5) is 4.17. The maximum atomic E-state index is 5.83. The minimum Gasteiger partial charge on any atom is -0.399 e. The van der Waals surface area contributed by atoms with Crippen LogP contribution in [0.3, 0.4) is 0 Å². The van der Waals surface area contributed by atoms with Crippen molar-refractivity contribution in [2.45, 2.75) is 46.0 Å². The van der Waals surface area contributed by atoms with E-state index < -0.39 is 0 Å². The highest BCUT2D eigenvalue weighted by Gasteiger charge is 1.98. The van der Waals surface area contributed by atoms with Crippen LogP contribution in [0, 0.1) is 5.92 Å². The highest BCUT2D eigenvalue weighted by atomic mass is 35.5. The van der Waals surface area contributed by atoms with Gasteiger partial charge in [-0.05, 0) is 18.4 Å². The van der Waals surface area contributed by atoms with E-state index in [2.05, 4.69) is 24.1 Å². The zero-order valence-corrected chi connectivity index (χ0v) is 12.1. The summed E-state index contributed by atoms with van der Waals surface area (Å²) in [5, 5.41) is 3.69. The van der Waals surface area contributed by atoms with Crippen molar-refractivity contribution in [3.05, 3.63) is 17.3 Å². The minimum absolute atomic E-state index is 0.439. The van der Waals surface area contributed by atoms with Crippen LogP contribution < -0.4 is 11.1 Å². The third-order valence-electron chi connectivity index (χ3n) is 2.83. The molecule has 0 fully saturated rings. The monoisotopic (exact) mass is 269 g/mol. The Morgan fingerprint density at radius 1 is 1.22 bits per heavy atom. The van der Waals surface area contributed by atoms with E-state index in [9.17, 15) is 0 Å². The number of nitrogens with one attached hydrogen (secondary N) is 1. The Labute approximate surface area is 115 Å². The van der Waals surface area contributed by atoms with Gasteiger partial charge in [-0.1, -0.05) is 51.1 Å². The number of rotatable bonds is 8. The van der Waals surface area contributed by atoms with Gasteiger partial charge in [0.1, 0.15) is 11.0 Å². The molecule has 0 unspecified atom stereocenters. The Morgan fingerprint density at radius 2 is 1.94 bits per heavy atom. The molecule has 0 atom stereocenters. The molecular formula is C14H24ClN3. The molecule has 0 radical (unpaired) electrons. The number of nitrogen functional groups attached to an aromatic ring is 1. The number of nitrogens with zero attached hydrogens (tertiary/aromatic N) is 1. The molecule has 3 nitrogen and oxygen atoms in total. The van der Waals surface area contributed by atoms with Crippen LogP contribution in [0.5, 0.6) is 0 Å². The Kier molecular flexibility index (Phi) is 6.88. The van der Waals surface area contributed by atoms with Crippen molar-refractivity contribution >= 4 is 23.1 Å². The van der Waals surface area contributed by atoms with Gasteiger partial charge in [0.2, 0.25) is 0 Å². The summed E-state index contributed by atoms with van der Waals surface area (Å²) in [6.07, 6.45) is 6.40. The van der Waals surface area contributed by atoms with Gasteiger partial charge in [-0.3, -0.25) is 0 Å². The normalized spacial score (nSPS) is 10.9. The smallest absolute Gasteiger partial charge is 0.133 e. The lowest BCUT2D eigenvalue weighted by Crippen LogP contribution is -2.04. The highest BCUT2D eigenvalue weighted by molar-refractivity contribution is 6.29. The maximum absolute atomic E-state index is 5.83. The number of unbranched alkanes of at least 4 members (excludes halogenated alkanes) is 3. The summed E-state index contributed by atoms with van der Waals surface area (Å²) in [5.41, 5.74) is 6.34. The SMILES string of the molecule is CC(C)CCCCCCNc1cc(N)cc(Cl)n1. The fraction of sp³-hybridized carbons (Fsp3) is 0.643. The van der Waals surface area contributed by atoms with Crippen LogP contribution >= 0.6 is 11.6 Å². The van der Waals surface area contributed by atoms with Gasteiger partial charge in [-0.15, -0.1) is 0 Å². The van der Waals surface area contributed by atoms with E-state index in [1.165, 1.54) is 25.7 Å². The molecule has 0 saturated carbocycles. The first-order valence-electron chi connectivity index (χ1n) is 6.75. The minimum atomic E-state index is 0.439. The van der Waals surface area contributed by atoms with Crippen LogP contribution in [0.25, 0.3) is 0 Å². The second-order valence-corrected chi connectivity index (χ2v) is 5.52. The number of nitrogens with two attached hydrogens (primary N) is 1. The largest absolute Gasteiger partial charge is 0.399 e. The first kappa shape index (κ1) is 15.1. The summed E-state index contributed by atoms with van der Waals surface area (Å²) < 4.78 is 0. The van der Waals surface area contributed by atoms with E-state index in [0.717, 1.165) is 24.7 Å². The molecule has 0 aliphatic heterocycles. The molecule has 102 valence electrons. The fourth-order valence-electron chi connectivity index (χ4n) is 1.85. The van der Waals surface area contributed by atoms with E-state index in [1.54, 1.807) is 6.07 Å². The van der Waals surface area contributed by atoms with Gasteiger partial charge in [-0.25, -0.2) is 4.98 Å². The predicted molar refractivity (Wildman–Crippen MR) is 80.1 cm³/mol.